The van der Waals surface area contributed by atoms with Gasteiger partial charge < -0.3 is 18.9 Å². The van der Waals surface area contributed by atoms with Gasteiger partial charge in [0.25, 0.3) is 0 Å². The molecule has 3 unspecified atom stereocenters. The van der Waals surface area contributed by atoms with Crippen LogP contribution in [0.2, 0.25) is 0 Å². The Morgan fingerprint density at radius 1 is 1.03 bits per heavy atom. The molecular weight excluding hydrogens is 519 g/mol. The van der Waals surface area contributed by atoms with Gasteiger partial charge in [0.15, 0.2) is 29.7 Å². The van der Waals surface area contributed by atoms with Crippen molar-refractivity contribution in [3.8, 4) is 11.3 Å². The average molecular weight is 546 g/mol. The quantitative estimate of drug-likeness (QED) is 0.264. The number of ether oxygens (including phenoxy) is 4. The van der Waals surface area contributed by atoms with Crippen molar-refractivity contribution < 1.29 is 46.5 Å². The van der Waals surface area contributed by atoms with E-state index >= 15 is 0 Å². The van der Waals surface area contributed by atoms with Crippen LogP contribution >= 0.6 is 11.8 Å². The lowest BCUT2D eigenvalue weighted by molar-refractivity contribution is -0.212. The topological polar surface area (TPSA) is 119 Å². The number of thioether (sulfide) groups is 1. The molecule has 0 radical (unpaired) electrons. The maximum atomic E-state index is 13.8. The third-order valence-corrected chi connectivity index (χ3v) is 6.61. The molecule has 1 aromatic heterocycles. The third kappa shape index (κ3) is 7.01. The molecule has 37 heavy (non-hydrogen) atoms. The first-order valence-electron chi connectivity index (χ1n) is 11.3. The molecule has 14 heteroatoms. The van der Waals surface area contributed by atoms with Crippen molar-refractivity contribution in [2.75, 3.05) is 12.4 Å². The summed E-state index contributed by atoms with van der Waals surface area (Å²) >= 11 is 1.33. The third-order valence-electron chi connectivity index (χ3n) is 5.25. The number of halogens is 3. The Morgan fingerprint density at radius 3 is 2.22 bits per heavy atom. The van der Waals surface area contributed by atoms with Crippen LogP contribution in [-0.4, -0.2) is 69.0 Å². The molecule has 5 atom stereocenters. The lowest BCUT2D eigenvalue weighted by Gasteiger charge is -2.44. The molecule has 1 fully saturated rings. The van der Waals surface area contributed by atoms with Crippen LogP contribution in [-0.2, 0) is 33.3 Å². The smallest absolute Gasteiger partial charge is 0.303 e. The Hall–Kier alpha value is -3.13. The van der Waals surface area contributed by atoms with Crippen LogP contribution in [0.5, 0.6) is 0 Å². The Morgan fingerprint density at radius 2 is 1.65 bits per heavy atom. The lowest BCUT2D eigenvalue weighted by Crippen LogP contribution is -2.57. The SMILES string of the molecule is CCCS[C@H]1OC(COC(C)=O)[C@H](OC(C)=O)C(n2cc(-c3cc(F)c(F)c(F)c3)nn2)C1OC(C)=O. The summed E-state index contributed by atoms with van der Waals surface area (Å²) in [5.74, 6) is -5.78. The normalized spacial score (nSPS) is 23.4. The van der Waals surface area contributed by atoms with Gasteiger partial charge >= 0.3 is 17.9 Å². The predicted molar refractivity (Wildman–Crippen MR) is 124 cm³/mol. The molecule has 2 aromatic rings. The Bertz CT molecular complexity index is 1130. The molecule has 3 rings (SSSR count). The first kappa shape index (κ1) is 28.4. The number of aromatic nitrogens is 3. The molecule has 202 valence electrons. The van der Waals surface area contributed by atoms with E-state index < -0.39 is 65.1 Å². The van der Waals surface area contributed by atoms with Crippen LogP contribution < -0.4 is 0 Å². The summed E-state index contributed by atoms with van der Waals surface area (Å²) in [6.07, 6.45) is -1.15. The van der Waals surface area contributed by atoms with Gasteiger partial charge in [-0.2, -0.15) is 0 Å². The highest BCUT2D eigenvalue weighted by Crippen LogP contribution is 2.39. The number of carbonyl (C=O) groups excluding carboxylic acids is 3. The van der Waals surface area contributed by atoms with Crippen LogP contribution in [0.4, 0.5) is 13.2 Å². The van der Waals surface area contributed by atoms with Gasteiger partial charge in [-0.05, 0) is 24.3 Å². The molecular formula is C23H26F3N3O7S. The first-order valence-corrected chi connectivity index (χ1v) is 12.4. The van der Waals surface area contributed by atoms with E-state index in [1.165, 1.54) is 36.5 Å². The van der Waals surface area contributed by atoms with Gasteiger partial charge in [-0.25, -0.2) is 17.9 Å². The zero-order valence-electron chi connectivity index (χ0n) is 20.5. The van der Waals surface area contributed by atoms with Gasteiger partial charge in [0.2, 0.25) is 0 Å². The number of rotatable bonds is 9. The summed E-state index contributed by atoms with van der Waals surface area (Å²) in [4.78, 5) is 35.6. The average Bonchev–Trinajstić information content (AvgIpc) is 3.30. The molecule has 0 amide bonds. The first-order chi connectivity index (χ1) is 17.5. The highest BCUT2D eigenvalue weighted by atomic mass is 32.2. The fraction of sp³-hybridized carbons (Fsp3) is 0.522. The zero-order valence-corrected chi connectivity index (χ0v) is 21.3. The number of nitrogens with zero attached hydrogens (tertiary/aromatic N) is 3. The molecule has 0 bridgehead atoms. The standard InChI is InChI=1S/C23H26F3N3O7S/c1-5-6-37-23-22(35-13(4)32)20(21(34-12(3)31)18(36-23)10-33-11(2)30)29-9-17(27-28-29)14-7-15(24)19(26)16(25)8-14/h7-9,18,20-23H,5-6,10H2,1-4H3/t18?,20?,21-,22?,23+/m0/s1. The van der Waals surface area contributed by atoms with Gasteiger partial charge in [-0.15, -0.1) is 16.9 Å². The molecule has 1 aliphatic rings. The summed E-state index contributed by atoms with van der Waals surface area (Å²) in [7, 11) is 0. The van der Waals surface area contributed by atoms with Crippen molar-refractivity contribution in [3.63, 3.8) is 0 Å². The van der Waals surface area contributed by atoms with E-state index in [1.54, 1.807) is 0 Å². The van der Waals surface area contributed by atoms with Crippen LogP contribution in [0.1, 0.15) is 40.2 Å². The van der Waals surface area contributed by atoms with E-state index in [1.807, 2.05) is 6.92 Å². The Kier molecular flexibility index (Phi) is 9.54. The lowest BCUT2D eigenvalue weighted by atomic mass is 9.96. The number of benzene rings is 1. The van der Waals surface area contributed by atoms with Crippen LogP contribution in [0, 0.1) is 17.5 Å². The minimum atomic E-state index is -1.63. The highest BCUT2D eigenvalue weighted by Gasteiger charge is 2.51. The van der Waals surface area contributed by atoms with Crippen LogP contribution in [0.3, 0.4) is 0 Å². The predicted octanol–water partition coefficient (Wildman–Crippen LogP) is 3.20. The van der Waals surface area contributed by atoms with Crippen LogP contribution in [0.25, 0.3) is 11.3 Å². The number of hydrogen-bond donors (Lipinski definition) is 0. The van der Waals surface area contributed by atoms with E-state index in [2.05, 4.69) is 10.3 Å². The van der Waals surface area contributed by atoms with Gasteiger partial charge in [0, 0.05) is 26.3 Å². The minimum absolute atomic E-state index is 0.0262. The number of carbonyl (C=O) groups is 3. The summed E-state index contributed by atoms with van der Waals surface area (Å²) in [6, 6.07) is 0.480. The second-order valence-corrected chi connectivity index (χ2v) is 9.40. The molecule has 0 spiro atoms. The molecule has 1 aliphatic heterocycles. The van der Waals surface area contributed by atoms with Crippen molar-refractivity contribution in [1.82, 2.24) is 15.0 Å². The highest BCUT2D eigenvalue weighted by molar-refractivity contribution is 7.99. The Labute approximate surface area is 214 Å². The van der Waals surface area contributed by atoms with Crippen molar-refractivity contribution >= 4 is 29.7 Å². The second kappa shape index (κ2) is 12.4. The maximum absolute atomic E-state index is 13.8. The van der Waals surface area contributed by atoms with Crippen molar-refractivity contribution in [1.29, 1.82) is 0 Å². The van der Waals surface area contributed by atoms with E-state index in [0.29, 0.717) is 5.75 Å². The van der Waals surface area contributed by atoms with E-state index in [-0.39, 0.29) is 17.9 Å². The molecule has 10 nitrogen and oxygen atoms in total. The van der Waals surface area contributed by atoms with Gasteiger partial charge in [-0.1, -0.05) is 12.1 Å². The fourth-order valence-corrected chi connectivity index (χ4v) is 4.91. The van der Waals surface area contributed by atoms with Gasteiger partial charge in [-0.3, -0.25) is 14.4 Å². The summed E-state index contributed by atoms with van der Waals surface area (Å²) in [5, 5.41) is 7.96. The summed E-state index contributed by atoms with van der Waals surface area (Å²) in [6.45, 7) is 5.22. The molecule has 0 aliphatic carbocycles. The van der Waals surface area contributed by atoms with Gasteiger partial charge in [0.05, 0.1) is 6.20 Å². The number of esters is 3. The monoisotopic (exact) mass is 545 g/mol. The summed E-state index contributed by atoms with van der Waals surface area (Å²) < 4.78 is 64.6. The molecule has 1 aromatic carbocycles. The van der Waals surface area contributed by atoms with Crippen LogP contribution in [0.15, 0.2) is 18.3 Å². The fourth-order valence-electron chi connectivity index (χ4n) is 3.81. The van der Waals surface area contributed by atoms with Gasteiger partial charge in [0.1, 0.15) is 29.9 Å². The minimum Gasteiger partial charge on any atom is -0.463 e. The summed E-state index contributed by atoms with van der Waals surface area (Å²) in [5.41, 5.74) is -0.910. The molecule has 0 N–H and O–H groups in total. The van der Waals surface area contributed by atoms with E-state index in [9.17, 15) is 27.6 Å². The molecule has 1 saturated heterocycles. The van der Waals surface area contributed by atoms with E-state index in [0.717, 1.165) is 25.5 Å². The molecule has 2 heterocycles. The zero-order chi connectivity index (χ0) is 27.3. The number of hydrogen-bond acceptors (Lipinski definition) is 10. The second-order valence-electron chi connectivity index (χ2n) is 8.19. The maximum Gasteiger partial charge on any atom is 0.303 e. The van der Waals surface area contributed by atoms with Crippen molar-refractivity contribution in [2.45, 2.75) is 63.9 Å². The van der Waals surface area contributed by atoms with Crippen molar-refractivity contribution in [2.24, 2.45) is 0 Å². The van der Waals surface area contributed by atoms with E-state index in [4.69, 9.17) is 18.9 Å². The largest absolute Gasteiger partial charge is 0.463 e. The molecule has 0 saturated carbocycles. The Balaban J connectivity index is 2.10. The van der Waals surface area contributed by atoms with Crippen molar-refractivity contribution in [3.05, 3.63) is 35.8 Å².